The van der Waals surface area contributed by atoms with Gasteiger partial charge in [0.2, 0.25) is 5.91 Å². The van der Waals surface area contributed by atoms with Crippen molar-refractivity contribution in [3.63, 3.8) is 0 Å². The topological polar surface area (TPSA) is 109 Å². The molecule has 0 aliphatic carbocycles. The lowest BCUT2D eigenvalue weighted by atomic mass is 10.1. The summed E-state index contributed by atoms with van der Waals surface area (Å²) >= 11 is 0. The van der Waals surface area contributed by atoms with Crippen molar-refractivity contribution in [2.45, 2.75) is 39.2 Å². The number of benzene rings is 1. The van der Waals surface area contributed by atoms with Crippen molar-refractivity contribution in [3.8, 4) is 6.07 Å². The lowest BCUT2D eigenvalue weighted by Crippen LogP contribution is -2.51. The third-order valence-electron chi connectivity index (χ3n) is 6.21. The van der Waals surface area contributed by atoms with Crippen molar-refractivity contribution in [2.24, 2.45) is 0 Å². The summed E-state index contributed by atoms with van der Waals surface area (Å²) in [6.45, 7) is 9.22. The molecular weight excluding hydrogens is 460 g/mol. The van der Waals surface area contributed by atoms with Crippen LogP contribution in [-0.2, 0) is 14.3 Å². The number of carbonyl (C=O) groups is 3. The van der Waals surface area contributed by atoms with Crippen LogP contribution < -0.4 is 15.1 Å². The van der Waals surface area contributed by atoms with Crippen LogP contribution in [0.3, 0.4) is 0 Å². The largest absolute Gasteiger partial charge is 0.444 e. The molecule has 2 heterocycles. The van der Waals surface area contributed by atoms with Gasteiger partial charge in [-0.25, -0.2) is 4.79 Å². The number of anilines is 2. The molecule has 1 fully saturated rings. The molecule has 0 unspecified atom stereocenters. The van der Waals surface area contributed by atoms with Crippen molar-refractivity contribution < 1.29 is 19.1 Å². The smallest absolute Gasteiger partial charge is 0.410 e. The number of Topliss-reactive ketones (excluding diaryl/α,β-unsaturated/α-hetero) is 1. The van der Waals surface area contributed by atoms with Crippen LogP contribution in [0.25, 0.3) is 0 Å². The molecule has 2 aliphatic rings. The molecule has 1 N–H and O–H groups in total. The minimum atomic E-state index is -0.516. The second-order valence-corrected chi connectivity index (χ2v) is 10.00. The fraction of sp³-hybridized carbons (Fsp3) is 0.538. The number of ether oxygens (including phenoxy) is 1. The first-order valence-corrected chi connectivity index (χ1v) is 12.2. The van der Waals surface area contributed by atoms with Gasteiger partial charge in [0.1, 0.15) is 23.1 Å². The van der Waals surface area contributed by atoms with Gasteiger partial charge in [0.25, 0.3) is 0 Å². The minimum absolute atomic E-state index is 0.0179. The molecule has 194 valence electrons. The molecule has 1 aromatic rings. The zero-order chi connectivity index (χ0) is 26.5. The van der Waals surface area contributed by atoms with Crippen molar-refractivity contribution in [3.05, 3.63) is 35.7 Å². The number of rotatable bonds is 7. The van der Waals surface area contributed by atoms with Gasteiger partial charge in [0.15, 0.2) is 5.78 Å². The van der Waals surface area contributed by atoms with E-state index in [1.54, 1.807) is 4.90 Å². The van der Waals surface area contributed by atoms with E-state index in [-0.39, 0.29) is 36.2 Å². The SMILES string of the molecule is CN1C(=C(C#N)C(=O)CCC(=O)NCCN2CCN(C(=O)OC(C)(C)C)CC2)N(C)c2ccccc21. The normalized spacial score (nSPS) is 15.9. The number of hydrogen-bond acceptors (Lipinski definition) is 8. The number of allylic oxidation sites excluding steroid dienone is 1. The number of ketones is 1. The molecule has 36 heavy (non-hydrogen) atoms. The van der Waals surface area contributed by atoms with Crippen LogP contribution >= 0.6 is 0 Å². The summed E-state index contributed by atoms with van der Waals surface area (Å²) in [5.41, 5.74) is 1.37. The van der Waals surface area contributed by atoms with E-state index in [9.17, 15) is 19.6 Å². The summed E-state index contributed by atoms with van der Waals surface area (Å²) in [7, 11) is 3.64. The first kappa shape index (κ1) is 27.0. The predicted octanol–water partition coefficient (Wildman–Crippen LogP) is 2.33. The van der Waals surface area contributed by atoms with Crippen LogP contribution in [0, 0.1) is 11.3 Å². The molecule has 0 radical (unpaired) electrons. The fourth-order valence-electron chi connectivity index (χ4n) is 4.33. The zero-order valence-electron chi connectivity index (χ0n) is 21.8. The van der Waals surface area contributed by atoms with E-state index in [0.717, 1.165) is 11.4 Å². The van der Waals surface area contributed by atoms with Crippen molar-refractivity contribution >= 4 is 29.2 Å². The Bertz CT molecular complexity index is 1030. The van der Waals surface area contributed by atoms with Crippen molar-refractivity contribution in [1.29, 1.82) is 5.26 Å². The number of nitrogens with zero attached hydrogens (tertiary/aromatic N) is 5. The van der Waals surface area contributed by atoms with Gasteiger partial charge >= 0.3 is 6.09 Å². The van der Waals surface area contributed by atoms with E-state index in [1.807, 2.05) is 75.0 Å². The molecule has 3 rings (SSSR count). The van der Waals surface area contributed by atoms with Crippen LogP contribution in [0.15, 0.2) is 35.7 Å². The molecular formula is C26H36N6O4. The standard InChI is InChI=1S/C26H36N6O4/c1-26(2,3)36-25(35)32-16-14-31(15-17-32)13-12-28-23(34)11-10-22(33)19(18-27)24-29(4)20-8-6-7-9-21(20)30(24)5/h6-9H,10-17H2,1-5H3,(H,28,34). The number of fused-ring (bicyclic) bond motifs is 1. The molecule has 0 saturated carbocycles. The van der Waals surface area contributed by atoms with Crippen LogP contribution in [0.2, 0.25) is 0 Å². The van der Waals surface area contributed by atoms with Crippen LogP contribution in [0.1, 0.15) is 33.6 Å². The van der Waals surface area contributed by atoms with Gasteiger partial charge in [-0.3, -0.25) is 14.5 Å². The summed E-state index contributed by atoms with van der Waals surface area (Å²) < 4.78 is 5.41. The van der Waals surface area contributed by atoms with Crippen LogP contribution in [-0.4, -0.2) is 86.5 Å². The number of nitriles is 1. The van der Waals surface area contributed by atoms with E-state index in [1.165, 1.54) is 0 Å². The highest BCUT2D eigenvalue weighted by Gasteiger charge is 2.31. The van der Waals surface area contributed by atoms with E-state index < -0.39 is 5.60 Å². The molecule has 1 saturated heterocycles. The fourth-order valence-corrected chi connectivity index (χ4v) is 4.33. The first-order valence-electron chi connectivity index (χ1n) is 12.2. The summed E-state index contributed by atoms with van der Waals surface area (Å²) in [5, 5.41) is 12.6. The van der Waals surface area contributed by atoms with Gasteiger partial charge < -0.3 is 24.8 Å². The highest BCUT2D eigenvalue weighted by molar-refractivity contribution is 6.03. The average molecular weight is 497 g/mol. The zero-order valence-corrected chi connectivity index (χ0v) is 21.8. The van der Waals surface area contributed by atoms with Crippen LogP contribution in [0.5, 0.6) is 0 Å². The Kier molecular flexibility index (Phi) is 8.58. The molecule has 1 aromatic carbocycles. The lowest BCUT2D eigenvalue weighted by molar-refractivity contribution is -0.124. The molecule has 2 amide bonds. The van der Waals surface area contributed by atoms with Gasteiger partial charge in [0, 0.05) is 66.2 Å². The Morgan fingerprint density at radius 1 is 1.00 bits per heavy atom. The third kappa shape index (κ3) is 6.55. The Hall–Kier alpha value is -3.58. The molecule has 0 atom stereocenters. The lowest BCUT2D eigenvalue weighted by Gasteiger charge is -2.35. The quantitative estimate of drug-likeness (QED) is 0.453. The maximum atomic E-state index is 12.8. The van der Waals surface area contributed by atoms with Gasteiger partial charge in [-0.2, -0.15) is 5.26 Å². The van der Waals surface area contributed by atoms with Gasteiger partial charge in [0.05, 0.1) is 11.4 Å². The number of nitrogens with one attached hydrogen (secondary N) is 1. The second kappa shape index (κ2) is 11.4. The van der Waals surface area contributed by atoms with E-state index in [0.29, 0.717) is 45.1 Å². The maximum absolute atomic E-state index is 12.8. The van der Waals surface area contributed by atoms with E-state index in [2.05, 4.69) is 10.2 Å². The predicted molar refractivity (Wildman–Crippen MR) is 137 cm³/mol. The summed E-state index contributed by atoms with van der Waals surface area (Å²) in [5.74, 6) is -0.0588. The molecule has 2 aliphatic heterocycles. The second-order valence-electron chi connectivity index (χ2n) is 10.00. The number of piperazine rings is 1. The Morgan fingerprint density at radius 3 is 2.11 bits per heavy atom. The Balaban J connectivity index is 1.42. The van der Waals surface area contributed by atoms with E-state index in [4.69, 9.17) is 4.74 Å². The number of carbonyl (C=O) groups excluding carboxylic acids is 3. The molecule has 0 bridgehead atoms. The van der Waals surface area contributed by atoms with Crippen molar-refractivity contribution in [1.82, 2.24) is 15.1 Å². The average Bonchev–Trinajstić information content (AvgIpc) is 3.08. The number of hydrogen-bond donors (Lipinski definition) is 1. The van der Waals surface area contributed by atoms with Crippen LogP contribution in [0.4, 0.5) is 16.2 Å². The molecule has 10 nitrogen and oxygen atoms in total. The molecule has 0 spiro atoms. The summed E-state index contributed by atoms with van der Waals surface area (Å²) in [6, 6.07) is 9.73. The number of para-hydroxylation sites is 2. The maximum Gasteiger partial charge on any atom is 0.410 e. The third-order valence-corrected chi connectivity index (χ3v) is 6.21. The van der Waals surface area contributed by atoms with Gasteiger partial charge in [-0.15, -0.1) is 0 Å². The Morgan fingerprint density at radius 2 is 1.58 bits per heavy atom. The van der Waals surface area contributed by atoms with Crippen molar-refractivity contribution in [2.75, 3.05) is 63.2 Å². The van der Waals surface area contributed by atoms with E-state index >= 15 is 0 Å². The highest BCUT2D eigenvalue weighted by Crippen LogP contribution is 2.40. The molecule has 10 heteroatoms. The van der Waals surface area contributed by atoms with Gasteiger partial charge in [-0.1, -0.05) is 12.1 Å². The minimum Gasteiger partial charge on any atom is -0.444 e. The number of amides is 2. The summed E-state index contributed by atoms with van der Waals surface area (Å²) in [6.07, 6.45) is -0.319. The summed E-state index contributed by atoms with van der Waals surface area (Å²) in [4.78, 5) is 44.9. The van der Waals surface area contributed by atoms with Gasteiger partial charge in [-0.05, 0) is 32.9 Å². The monoisotopic (exact) mass is 496 g/mol. The first-order chi connectivity index (χ1) is 17.0. The highest BCUT2D eigenvalue weighted by atomic mass is 16.6. The molecule has 0 aromatic heterocycles. The Labute approximate surface area is 213 Å².